The fourth-order valence-electron chi connectivity index (χ4n) is 2.29. The number of carbonyl (C=O) groups is 1. The Hall–Kier alpha value is -2.66. The van der Waals surface area contributed by atoms with E-state index in [0.29, 0.717) is 4.88 Å². The molecule has 21 heavy (non-hydrogen) atoms. The van der Waals surface area contributed by atoms with Gasteiger partial charge in [0.05, 0.1) is 10.4 Å². The Morgan fingerprint density at radius 3 is 2.95 bits per heavy atom. The van der Waals surface area contributed by atoms with Gasteiger partial charge < -0.3 is 5.32 Å². The van der Waals surface area contributed by atoms with E-state index in [9.17, 15) is 4.79 Å². The summed E-state index contributed by atoms with van der Waals surface area (Å²) in [5.41, 5.74) is 1.72. The van der Waals surface area contributed by atoms with E-state index < -0.39 is 0 Å². The molecule has 3 aromatic heterocycles. The molecule has 0 aliphatic rings. The standard InChI is InChI=1S/C16H11N3OS/c20-16(15-9-11-3-1-2-4-14(11)21-15)18-12-6-8-19-13(10-12)5-7-17-19/h1-10H,(H,18,20). The van der Waals surface area contributed by atoms with Crippen LogP contribution >= 0.6 is 11.3 Å². The predicted molar refractivity (Wildman–Crippen MR) is 85.0 cm³/mol. The van der Waals surface area contributed by atoms with Crippen LogP contribution in [0.1, 0.15) is 9.67 Å². The normalized spacial score (nSPS) is 11.0. The molecule has 1 N–H and O–H groups in total. The van der Waals surface area contributed by atoms with E-state index in [1.807, 2.05) is 54.7 Å². The smallest absolute Gasteiger partial charge is 0.265 e. The Morgan fingerprint density at radius 2 is 2.05 bits per heavy atom. The van der Waals surface area contributed by atoms with Gasteiger partial charge in [-0.15, -0.1) is 11.3 Å². The number of benzene rings is 1. The minimum absolute atomic E-state index is 0.0833. The van der Waals surface area contributed by atoms with E-state index in [-0.39, 0.29) is 5.91 Å². The molecular weight excluding hydrogens is 282 g/mol. The van der Waals surface area contributed by atoms with Crippen molar-refractivity contribution in [1.82, 2.24) is 9.61 Å². The minimum Gasteiger partial charge on any atom is -0.321 e. The lowest BCUT2D eigenvalue weighted by Crippen LogP contribution is -2.10. The number of aromatic nitrogens is 2. The van der Waals surface area contributed by atoms with Crippen molar-refractivity contribution in [2.24, 2.45) is 0 Å². The average molecular weight is 293 g/mol. The molecular formula is C16H11N3OS. The predicted octanol–water partition coefficient (Wildman–Crippen LogP) is 3.80. The molecule has 3 heterocycles. The first kappa shape index (κ1) is 12.1. The number of amides is 1. The molecule has 5 heteroatoms. The number of nitrogens with one attached hydrogen (secondary N) is 1. The SMILES string of the molecule is O=C(Nc1ccn2nccc2c1)c1cc2ccccc2s1. The van der Waals surface area contributed by atoms with Crippen LogP contribution in [0.25, 0.3) is 15.6 Å². The van der Waals surface area contributed by atoms with Gasteiger partial charge in [-0.05, 0) is 35.7 Å². The number of rotatable bonds is 2. The van der Waals surface area contributed by atoms with Crippen molar-refractivity contribution in [1.29, 1.82) is 0 Å². The zero-order chi connectivity index (χ0) is 14.2. The molecule has 0 bridgehead atoms. The van der Waals surface area contributed by atoms with Gasteiger partial charge in [-0.3, -0.25) is 4.79 Å². The summed E-state index contributed by atoms with van der Waals surface area (Å²) < 4.78 is 2.88. The van der Waals surface area contributed by atoms with Gasteiger partial charge in [-0.1, -0.05) is 18.2 Å². The van der Waals surface area contributed by atoms with E-state index in [1.165, 1.54) is 11.3 Å². The molecule has 0 aliphatic carbocycles. The summed E-state index contributed by atoms with van der Waals surface area (Å²) in [5, 5.41) is 8.16. The van der Waals surface area contributed by atoms with Crippen LogP contribution in [0.3, 0.4) is 0 Å². The van der Waals surface area contributed by atoms with Crippen molar-refractivity contribution < 1.29 is 4.79 Å². The van der Waals surface area contributed by atoms with Crippen LogP contribution in [0, 0.1) is 0 Å². The van der Waals surface area contributed by atoms with E-state index in [2.05, 4.69) is 10.4 Å². The highest BCUT2D eigenvalue weighted by molar-refractivity contribution is 7.20. The molecule has 0 saturated heterocycles. The number of hydrogen-bond acceptors (Lipinski definition) is 3. The fourth-order valence-corrected chi connectivity index (χ4v) is 3.24. The molecule has 0 atom stereocenters. The first-order valence-electron chi connectivity index (χ1n) is 6.53. The summed E-state index contributed by atoms with van der Waals surface area (Å²) >= 11 is 1.50. The van der Waals surface area contributed by atoms with E-state index in [4.69, 9.17) is 0 Å². The zero-order valence-corrected chi connectivity index (χ0v) is 11.8. The molecule has 0 unspecified atom stereocenters. The number of fused-ring (bicyclic) bond motifs is 2. The highest BCUT2D eigenvalue weighted by Gasteiger charge is 2.10. The quantitative estimate of drug-likeness (QED) is 0.611. The molecule has 1 amide bonds. The van der Waals surface area contributed by atoms with Crippen LogP contribution in [0.5, 0.6) is 0 Å². The third kappa shape index (κ3) is 2.17. The van der Waals surface area contributed by atoms with Crippen molar-refractivity contribution in [3.05, 3.63) is 65.8 Å². The van der Waals surface area contributed by atoms with Crippen LogP contribution in [-0.4, -0.2) is 15.5 Å². The van der Waals surface area contributed by atoms with Crippen LogP contribution in [0.4, 0.5) is 5.69 Å². The lowest BCUT2D eigenvalue weighted by molar-refractivity contribution is 0.103. The van der Waals surface area contributed by atoms with E-state index >= 15 is 0 Å². The summed E-state index contributed by atoms with van der Waals surface area (Å²) in [6.45, 7) is 0. The molecule has 0 radical (unpaired) electrons. The molecule has 0 fully saturated rings. The Kier molecular flexibility index (Phi) is 2.72. The number of carbonyl (C=O) groups excluding carboxylic acids is 1. The lowest BCUT2D eigenvalue weighted by atomic mass is 10.2. The lowest BCUT2D eigenvalue weighted by Gasteiger charge is -2.03. The highest BCUT2D eigenvalue weighted by Crippen LogP contribution is 2.26. The molecule has 4 nitrogen and oxygen atoms in total. The van der Waals surface area contributed by atoms with Gasteiger partial charge >= 0.3 is 0 Å². The van der Waals surface area contributed by atoms with Gasteiger partial charge in [0.15, 0.2) is 0 Å². The second-order valence-corrected chi connectivity index (χ2v) is 5.80. The van der Waals surface area contributed by atoms with Gasteiger partial charge in [0.25, 0.3) is 5.91 Å². The maximum Gasteiger partial charge on any atom is 0.265 e. The average Bonchev–Trinajstić information content (AvgIpc) is 3.13. The van der Waals surface area contributed by atoms with E-state index in [1.54, 1.807) is 10.7 Å². The number of hydrogen-bond donors (Lipinski definition) is 1. The Morgan fingerprint density at radius 1 is 1.14 bits per heavy atom. The Labute approximate surface area is 124 Å². The number of anilines is 1. The summed E-state index contributed by atoms with van der Waals surface area (Å²) in [6, 6.07) is 15.6. The number of pyridine rings is 1. The van der Waals surface area contributed by atoms with Crippen molar-refractivity contribution in [3.8, 4) is 0 Å². The zero-order valence-electron chi connectivity index (χ0n) is 11.0. The third-order valence-electron chi connectivity index (χ3n) is 3.31. The van der Waals surface area contributed by atoms with Crippen molar-refractivity contribution >= 4 is 38.5 Å². The number of thiophene rings is 1. The Bertz CT molecular complexity index is 921. The van der Waals surface area contributed by atoms with Crippen LogP contribution in [0.2, 0.25) is 0 Å². The first-order chi connectivity index (χ1) is 10.3. The summed E-state index contributed by atoms with van der Waals surface area (Å²) in [5.74, 6) is -0.0833. The summed E-state index contributed by atoms with van der Waals surface area (Å²) in [4.78, 5) is 13.0. The van der Waals surface area contributed by atoms with Crippen LogP contribution in [-0.2, 0) is 0 Å². The molecule has 0 aliphatic heterocycles. The van der Waals surface area contributed by atoms with Crippen LogP contribution in [0.15, 0.2) is 60.9 Å². The van der Waals surface area contributed by atoms with Crippen molar-refractivity contribution in [3.63, 3.8) is 0 Å². The molecule has 4 aromatic rings. The van der Waals surface area contributed by atoms with Gasteiger partial charge in [-0.25, -0.2) is 4.52 Å². The summed E-state index contributed by atoms with van der Waals surface area (Å²) in [6.07, 6.45) is 3.56. The third-order valence-corrected chi connectivity index (χ3v) is 4.42. The van der Waals surface area contributed by atoms with Gasteiger partial charge in [0.1, 0.15) is 0 Å². The molecule has 0 saturated carbocycles. The van der Waals surface area contributed by atoms with Crippen LogP contribution < -0.4 is 5.32 Å². The largest absolute Gasteiger partial charge is 0.321 e. The summed E-state index contributed by atoms with van der Waals surface area (Å²) in [7, 11) is 0. The van der Waals surface area contributed by atoms with Gasteiger partial charge in [0, 0.05) is 22.8 Å². The van der Waals surface area contributed by atoms with Crippen molar-refractivity contribution in [2.45, 2.75) is 0 Å². The number of nitrogens with zero attached hydrogens (tertiary/aromatic N) is 2. The maximum absolute atomic E-state index is 12.3. The second-order valence-electron chi connectivity index (χ2n) is 4.72. The second kappa shape index (κ2) is 4.71. The molecule has 1 aromatic carbocycles. The monoisotopic (exact) mass is 293 g/mol. The van der Waals surface area contributed by atoms with Crippen molar-refractivity contribution in [2.75, 3.05) is 5.32 Å². The van der Waals surface area contributed by atoms with E-state index in [0.717, 1.165) is 21.3 Å². The topological polar surface area (TPSA) is 46.4 Å². The minimum atomic E-state index is -0.0833. The van der Waals surface area contributed by atoms with Gasteiger partial charge in [0.2, 0.25) is 0 Å². The maximum atomic E-state index is 12.3. The van der Waals surface area contributed by atoms with Gasteiger partial charge in [-0.2, -0.15) is 5.10 Å². The fraction of sp³-hybridized carbons (Fsp3) is 0. The first-order valence-corrected chi connectivity index (χ1v) is 7.34. The molecule has 4 rings (SSSR count). The Balaban J connectivity index is 1.64. The highest BCUT2D eigenvalue weighted by atomic mass is 32.1. The molecule has 102 valence electrons. The molecule has 0 spiro atoms.